The SMILES string of the molecule is O=C(O)CCCCCCNC(=O)[C@H](O)[C@H](O)[C@H](O[C@@H]1O[C@H](CO)[C@H](O)[C@H](O)[C@H]1O)C(O)CO. The number of carboxylic acids is 1. The quantitative estimate of drug-likeness (QED) is 0.0982. The highest BCUT2D eigenvalue weighted by atomic mass is 16.7. The fraction of sp³-hybridized carbons (Fsp3) is 0.895. The molecule has 1 rings (SSSR count). The van der Waals surface area contributed by atoms with E-state index in [9.17, 15) is 50.4 Å². The number of hydrogen-bond donors (Lipinski definition) is 10. The van der Waals surface area contributed by atoms with Gasteiger partial charge >= 0.3 is 5.97 Å². The first-order valence-electron chi connectivity index (χ1n) is 10.7. The molecule has 1 amide bonds. The van der Waals surface area contributed by atoms with Gasteiger partial charge in [-0.3, -0.25) is 9.59 Å². The summed E-state index contributed by atoms with van der Waals surface area (Å²) in [4.78, 5) is 22.6. The molecule has 1 saturated heterocycles. The zero-order valence-electron chi connectivity index (χ0n) is 18.0. The largest absolute Gasteiger partial charge is 0.481 e. The molecular weight excluding hydrogens is 450 g/mol. The van der Waals surface area contributed by atoms with Crippen molar-refractivity contribution in [2.45, 2.75) is 87.2 Å². The molecule has 0 spiro atoms. The van der Waals surface area contributed by atoms with Crippen LogP contribution in [0.4, 0.5) is 0 Å². The summed E-state index contributed by atoms with van der Waals surface area (Å²) in [6, 6.07) is 0. The number of aliphatic hydroxyl groups is 8. The number of unbranched alkanes of at least 4 members (excludes halogenated alkanes) is 3. The van der Waals surface area contributed by atoms with Crippen LogP contribution in [0, 0.1) is 0 Å². The lowest BCUT2D eigenvalue weighted by atomic mass is 9.98. The van der Waals surface area contributed by atoms with Gasteiger partial charge in [0.2, 0.25) is 0 Å². The molecule has 0 aromatic rings. The first kappa shape index (κ1) is 29.6. The first-order valence-corrected chi connectivity index (χ1v) is 10.7. The highest BCUT2D eigenvalue weighted by Gasteiger charge is 2.47. The van der Waals surface area contributed by atoms with Gasteiger partial charge in [0.05, 0.1) is 13.2 Å². The minimum Gasteiger partial charge on any atom is -0.481 e. The number of carbonyl (C=O) groups is 2. The Balaban J connectivity index is 2.66. The Morgan fingerprint density at radius 3 is 2.15 bits per heavy atom. The van der Waals surface area contributed by atoms with E-state index < -0.39 is 80.2 Å². The molecule has 0 saturated carbocycles. The Morgan fingerprint density at radius 1 is 0.939 bits per heavy atom. The summed E-state index contributed by atoms with van der Waals surface area (Å²) in [6.07, 6.45) is -14.2. The molecule has 10 N–H and O–H groups in total. The van der Waals surface area contributed by atoms with Crippen molar-refractivity contribution >= 4 is 11.9 Å². The van der Waals surface area contributed by atoms with Crippen molar-refractivity contribution < 1.29 is 65.0 Å². The maximum atomic E-state index is 12.1. The van der Waals surface area contributed by atoms with Crippen LogP contribution >= 0.6 is 0 Å². The van der Waals surface area contributed by atoms with E-state index >= 15 is 0 Å². The molecular formula is C19H35NO13. The van der Waals surface area contributed by atoms with Gasteiger partial charge in [0.1, 0.15) is 42.7 Å². The molecule has 0 bridgehead atoms. The van der Waals surface area contributed by atoms with E-state index in [-0.39, 0.29) is 13.0 Å². The first-order chi connectivity index (χ1) is 15.5. The van der Waals surface area contributed by atoms with Gasteiger partial charge in [-0.05, 0) is 12.8 Å². The van der Waals surface area contributed by atoms with Gasteiger partial charge in [-0.1, -0.05) is 12.8 Å². The van der Waals surface area contributed by atoms with E-state index in [0.29, 0.717) is 25.7 Å². The molecule has 1 aliphatic rings. The lowest BCUT2D eigenvalue weighted by Crippen LogP contribution is -2.62. The molecule has 1 heterocycles. The third kappa shape index (κ3) is 9.01. The Morgan fingerprint density at radius 2 is 1.58 bits per heavy atom. The Hall–Kier alpha value is -1.46. The van der Waals surface area contributed by atoms with Crippen LogP contribution in [0.25, 0.3) is 0 Å². The molecule has 194 valence electrons. The van der Waals surface area contributed by atoms with Crippen LogP contribution in [0.3, 0.4) is 0 Å². The lowest BCUT2D eigenvalue weighted by Gasteiger charge is -2.42. The van der Waals surface area contributed by atoms with Crippen LogP contribution < -0.4 is 5.32 Å². The van der Waals surface area contributed by atoms with E-state index in [1.54, 1.807) is 0 Å². The van der Waals surface area contributed by atoms with Gasteiger partial charge in [0.15, 0.2) is 12.4 Å². The second kappa shape index (κ2) is 14.7. The van der Waals surface area contributed by atoms with Crippen molar-refractivity contribution in [2.24, 2.45) is 0 Å². The van der Waals surface area contributed by atoms with Crippen molar-refractivity contribution in [3.8, 4) is 0 Å². The molecule has 1 aliphatic heterocycles. The summed E-state index contributed by atoms with van der Waals surface area (Å²) >= 11 is 0. The Labute approximate surface area is 190 Å². The number of nitrogens with one attached hydrogen (secondary N) is 1. The molecule has 0 aromatic heterocycles. The van der Waals surface area contributed by atoms with Crippen molar-refractivity contribution in [2.75, 3.05) is 19.8 Å². The third-order valence-electron chi connectivity index (χ3n) is 5.25. The summed E-state index contributed by atoms with van der Waals surface area (Å²) in [6.45, 7) is -1.61. The standard InChI is InChI=1S/C19H35NO13/c21-7-9(23)17(33-19-16(30)13(27)12(26)10(8-22)32-19)14(28)15(29)18(31)20-6-4-2-1-3-5-11(24)25/h9-10,12-17,19,21-23,26-30H,1-8H2,(H,20,31)(H,24,25)/t9?,10-,12+,13+,14+,15-,16-,17-,19+/m1/s1. The minimum atomic E-state index is -2.12. The average Bonchev–Trinajstić information content (AvgIpc) is 2.79. The van der Waals surface area contributed by atoms with Crippen molar-refractivity contribution in [1.82, 2.24) is 5.32 Å². The van der Waals surface area contributed by atoms with E-state index in [1.807, 2.05) is 0 Å². The van der Waals surface area contributed by atoms with Crippen LogP contribution in [0.15, 0.2) is 0 Å². The number of carbonyl (C=O) groups excluding carboxylic acids is 1. The summed E-state index contributed by atoms with van der Waals surface area (Å²) in [5.74, 6) is -1.91. The summed E-state index contributed by atoms with van der Waals surface area (Å²) in [5, 5.41) is 89.6. The van der Waals surface area contributed by atoms with Gasteiger partial charge < -0.3 is 60.7 Å². The zero-order chi connectivity index (χ0) is 25.1. The molecule has 1 unspecified atom stereocenters. The highest BCUT2D eigenvalue weighted by molar-refractivity contribution is 5.81. The molecule has 0 aliphatic carbocycles. The van der Waals surface area contributed by atoms with Crippen molar-refractivity contribution in [1.29, 1.82) is 0 Å². The number of hydrogen-bond acceptors (Lipinski definition) is 12. The maximum absolute atomic E-state index is 12.1. The minimum absolute atomic E-state index is 0.0419. The van der Waals surface area contributed by atoms with Crippen LogP contribution in [-0.4, -0.2) is 133 Å². The van der Waals surface area contributed by atoms with Crippen LogP contribution in [0.1, 0.15) is 32.1 Å². The highest BCUT2D eigenvalue weighted by Crippen LogP contribution is 2.25. The normalized spacial score (nSPS) is 29.2. The summed E-state index contributed by atoms with van der Waals surface area (Å²) in [7, 11) is 0. The van der Waals surface area contributed by atoms with E-state index in [4.69, 9.17) is 14.6 Å². The molecule has 14 heteroatoms. The zero-order valence-corrected chi connectivity index (χ0v) is 18.0. The topological polar surface area (TPSA) is 247 Å². The van der Waals surface area contributed by atoms with Crippen molar-refractivity contribution in [3.63, 3.8) is 0 Å². The number of aliphatic carboxylic acids is 1. The van der Waals surface area contributed by atoms with Gasteiger partial charge in [0.25, 0.3) is 5.91 Å². The van der Waals surface area contributed by atoms with Gasteiger partial charge in [0, 0.05) is 13.0 Å². The summed E-state index contributed by atoms with van der Waals surface area (Å²) in [5.41, 5.74) is 0. The monoisotopic (exact) mass is 485 g/mol. The molecule has 14 nitrogen and oxygen atoms in total. The predicted molar refractivity (Wildman–Crippen MR) is 107 cm³/mol. The molecule has 0 radical (unpaired) electrons. The summed E-state index contributed by atoms with van der Waals surface area (Å²) < 4.78 is 10.3. The van der Waals surface area contributed by atoms with E-state index in [2.05, 4.69) is 5.32 Å². The Kier molecular flexibility index (Phi) is 13.2. The van der Waals surface area contributed by atoms with Gasteiger partial charge in [-0.25, -0.2) is 0 Å². The van der Waals surface area contributed by atoms with Crippen molar-refractivity contribution in [3.05, 3.63) is 0 Å². The fourth-order valence-electron chi connectivity index (χ4n) is 3.24. The number of aliphatic hydroxyl groups excluding tert-OH is 8. The smallest absolute Gasteiger partial charge is 0.303 e. The lowest BCUT2D eigenvalue weighted by molar-refractivity contribution is -0.326. The predicted octanol–water partition coefficient (Wildman–Crippen LogP) is -4.60. The number of ether oxygens (including phenoxy) is 2. The van der Waals surface area contributed by atoms with E-state index in [0.717, 1.165) is 0 Å². The second-order valence-electron chi connectivity index (χ2n) is 7.83. The molecule has 0 aromatic carbocycles. The van der Waals surface area contributed by atoms with Gasteiger partial charge in [-0.15, -0.1) is 0 Å². The fourth-order valence-corrected chi connectivity index (χ4v) is 3.24. The number of carboxylic acid groups (broad SMARTS) is 1. The van der Waals surface area contributed by atoms with Crippen LogP contribution in [0.2, 0.25) is 0 Å². The van der Waals surface area contributed by atoms with E-state index in [1.165, 1.54) is 0 Å². The average molecular weight is 485 g/mol. The number of rotatable bonds is 15. The van der Waals surface area contributed by atoms with Crippen LogP contribution in [0.5, 0.6) is 0 Å². The van der Waals surface area contributed by atoms with Gasteiger partial charge in [-0.2, -0.15) is 0 Å². The maximum Gasteiger partial charge on any atom is 0.303 e. The van der Waals surface area contributed by atoms with Crippen LogP contribution in [-0.2, 0) is 19.1 Å². The molecule has 9 atom stereocenters. The Bertz CT molecular complexity index is 592. The second-order valence-corrected chi connectivity index (χ2v) is 7.83. The third-order valence-corrected chi connectivity index (χ3v) is 5.25. The molecule has 33 heavy (non-hydrogen) atoms. The number of amides is 1. The molecule has 1 fully saturated rings.